The van der Waals surface area contributed by atoms with Gasteiger partial charge in [-0.05, 0) is 6.92 Å². The molecule has 0 bridgehead atoms. The molecule has 1 aromatic heterocycles. The van der Waals surface area contributed by atoms with Crippen LogP contribution in [0.15, 0.2) is 6.07 Å². The largest absolute Gasteiger partial charge is 0.477 e. The summed E-state index contributed by atoms with van der Waals surface area (Å²) in [4.78, 5) is 10.4. The standard InChI is InChI=1S/C6H9N3O4S/c1-2-14(12,13)9-5-3-4(6(10)11)7-8-5/h3H,2H2,1H3,(H,10,11)(H2,7,8,9). The summed E-state index contributed by atoms with van der Waals surface area (Å²) in [5.41, 5.74) is -0.168. The van der Waals surface area contributed by atoms with Crippen molar-refractivity contribution in [1.29, 1.82) is 0 Å². The lowest BCUT2D eigenvalue weighted by Crippen LogP contribution is -2.14. The number of hydrogen-bond donors (Lipinski definition) is 3. The lowest BCUT2D eigenvalue weighted by atomic mass is 10.4. The summed E-state index contributed by atoms with van der Waals surface area (Å²) in [6.45, 7) is 1.47. The molecule has 78 valence electrons. The number of hydrogen-bond acceptors (Lipinski definition) is 4. The molecule has 7 nitrogen and oxygen atoms in total. The molecule has 1 aromatic rings. The van der Waals surface area contributed by atoms with Crippen molar-refractivity contribution in [2.24, 2.45) is 0 Å². The van der Waals surface area contributed by atoms with Gasteiger partial charge in [0.05, 0.1) is 5.75 Å². The van der Waals surface area contributed by atoms with Gasteiger partial charge < -0.3 is 5.11 Å². The Labute approximate surface area is 80.2 Å². The lowest BCUT2D eigenvalue weighted by Gasteiger charge is -1.99. The number of aromatic nitrogens is 2. The zero-order chi connectivity index (χ0) is 10.8. The van der Waals surface area contributed by atoms with E-state index < -0.39 is 16.0 Å². The third-order valence-electron chi connectivity index (χ3n) is 1.45. The maximum absolute atomic E-state index is 11.0. The molecule has 1 rings (SSSR count). The highest BCUT2D eigenvalue weighted by molar-refractivity contribution is 7.92. The average Bonchev–Trinajstić information content (AvgIpc) is 2.52. The van der Waals surface area contributed by atoms with Crippen molar-refractivity contribution in [3.05, 3.63) is 11.8 Å². The highest BCUT2D eigenvalue weighted by Gasteiger charge is 2.12. The van der Waals surface area contributed by atoms with Crippen LogP contribution in [0.3, 0.4) is 0 Å². The SMILES string of the molecule is CCS(=O)(=O)Nc1cc(C(=O)O)[nH]n1. The maximum atomic E-state index is 11.0. The molecule has 0 amide bonds. The predicted molar refractivity (Wildman–Crippen MR) is 48.6 cm³/mol. The van der Waals surface area contributed by atoms with Gasteiger partial charge in [-0.15, -0.1) is 0 Å². The number of H-pyrrole nitrogens is 1. The van der Waals surface area contributed by atoms with Crippen molar-refractivity contribution in [3.8, 4) is 0 Å². The minimum atomic E-state index is -3.41. The van der Waals surface area contributed by atoms with Gasteiger partial charge in [-0.2, -0.15) is 5.10 Å². The summed E-state index contributed by atoms with van der Waals surface area (Å²) in [6.07, 6.45) is 0. The molecule has 0 unspecified atom stereocenters. The van der Waals surface area contributed by atoms with Gasteiger partial charge in [0, 0.05) is 6.07 Å². The number of nitrogens with zero attached hydrogens (tertiary/aromatic N) is 1. The second kappa shape index (κ2) is 3.66. The van der Waals surface area contributed by atoms with Crippen LogP contribution in [-0.4, -0.2) is 35.4 Å². The van der Waals surface area contributed by atoms with E-state index in [9.17, 15) is 13.2 Å². The molecule has 0 fully saturated rings. The van der Waals surface area contributed by atoms with E-state index in [1.54, 1.807) is 0 Å². The summed E-state index contributed by atoms with van der Waals surface area (Å²) in [5, 5.41) is 14.2. The average molecular weight is 219 g/mol. The van der Waals surface area contributed by atoms with Gasteiger partial charge in [-0.3, -0.25) is 9.82 Å². The van der Waals surface area contributed by atoms with Crippen molar-refractivity contribution >= 4 is 21.8 Å². The first-order valence-electron chi connectivity index (χ1n) is 3.74. The first kappa shape index (κ1) is 10.5. The van der Waals surface area contributed by atoms with Crippen LogP contribution in [-0.2, 0) is 10.0 Å². The summed E-state index contributed by atoms with van der Waals surface area (Å²) < 4.78 is 24.2. The highest BCUT2D eigenvalue weighted by atomic mass is 32.2. The molecule has 14 heavy (non-hydrogen) atoms. The van der Waals surface area contributed by atoms with Gasteiger partial charge in [-0.25, -0.2) is 13.2 Å². The van der Waals surface area contributed by atoms with Crippen LogP contribution in [0.5, 0.6) is 0 Å². The summed E-state index contributed by atoms with van der Waals surface area (Å²) in [7, 11) is -3.41. The van der Waals surface area contributed by atoms with E-state index >= 15 is 0 Å². The number of aromatic amines is 1. The number of nitrogens with one attached hydrogen (secondary N) is 2. The van der Waals surface area contributed by atoms with Gasteiger partial charge in [0.15, 0.2) is 5.82 Å². The molecule has 1 heterocycles. The first-order chi connectivity index (χ1) is 6.44. The maximum Gasteiger partial charge on any atom is 0.353 e. The Morgan fingerprint density at radius 2 is 2.36 bits per heavy atom. The molecule has 0 atom stereocenters. The zero-order valence-corrected chi connectivity index (χ0v) is 8.13. The number of carbonyl (C=O) groups is 1. The molecule has 8 heteroatoms. The molecule has 0 aliphatic heterocycles. The quantitative estimate of drug-likeness (QED) is 0.653. The summed E-state index contributed by atoms with van der Waals surface area (Å²) in [6, 6.07) is 1.11. The molecule has 0 saturated carbocycles. The molecular formula is C6H9N3O4S. The molecule has 0 saturated heterocycles. The topological polar surface area (TPSA) is 112 Å². The molecule has 0 radical (unpaired) electrons. The van der Waals surface area contributed by atoms with Crippen molar-refractivity contribution < 1.29 is 18.3 Å². The molecule has 0 aliphatic carbocycles. The smallest absolute Gasteiger partial charge is 0.353 e. The van der Waals surface area contributed by atoms with Crippen LogP contribution >= 0.6 is 0 Å². The minimum Gasteiger partial charge on any atom is -0.477 e. The van der Waals surface area contributed by atoms with E-state index in [1.807, 2.05) is 0 Å². The van der Waals surface area contributed by atoms with Crippen molar-refractivity contribution in [3.63, 3.8) is 0 Å². The van der Waals surface area contributed by atoms with E-state index in [4.69, 9.17) is 5.11 Å². The number of anilines is 1. The Morgan fingerprint density at radius 1 is 1.71 bits per heavy atom. The summed E-state index contributed by atoms with van der Waals surface area (Å²) >= 11 is 0. The zero-order valence-electron chi connectivity index (χ0n) is 7.31. The summed E-state index contributed by atoms with van der Waals surface area (Å²) in [5.74, 6) is -1.31. The first-order valence-corrected chi connectivity index (χ1v) is 5.39. The van der Waals surface area contributed by atoms with E-state index in [0.717, 1.165) is 6.07 Å². The van der Waals surface area contributed by atoms with Gasteiger partial charge in [0.1, 0.15) is 5.69 Å². The monoisotopic (exact) mass is 219 g/mol. The van der Waals surface area contributed by atoms with Crippen LogP contribution in [0.1, 0.15) is 17.4 Å². The molecule has 0 aromatic carbocycles. The Bertz CT molecular complexity index is 436. The lowest BCUT2D eigenvalue weighted by molar-refractivity contribution is 0.0690. The Hall–Kier alpha value is -1.57. The number of carboxylic acids is 1. The Kier molecular flexibility index (Phi) is 2.75. The minimum absolute atomic E-state index is 0.0238. The fourth-order valence-corrected chi connectivity index (χ4v) is 1.28. The van der Waals surface area contributed by atoms with Crippen molar-refractivity contribution in [2.45, 2.75) is 6.92 Å². The highest BCUT2D eigenvalue weighted by Crippen LogP contribution is 2.07. The fraction of sp³-hybridized carbons (Fsp3) is 0.333. The van der Waals surface area contributed by atoms with Crippen LogP contribution in [0.2, 0.25) is 0 Å². The van der Waals surface area contributed by atoms with Gasteiger partial charge in [0.2, 0.25) is 10.0 Å². The second-order valence-electron chi connectivity index (χ2n) is 2.48. The molecular weight excluding hydrogens is 210 g/mol. The molecule has 3 N–H and O–H groups in total. The fourth-order valence-electron chi connectivity index (χ4n) is 0.715. The van der Waals surface area contributed by atoms with Crippen LogP contribution in [0, 0.1) is 0 Å². The van der Waals surface area contributed by atoms with E-state index in [2.05, 4.69) is 14.9 Å². The molecule has 0 spiro atoms. The second-order valence-corrected chi connectivity index (χ2v) is 4.49. The predicted octanol–water partition coefficient (Wildman–Crippen LogP) is -0.131. The Balaban J connectivity index is 2.84. The molecule has 0 aliphatic rings. The van der Waals surface area contributed by atoms with Crippen LogP contribution in [0.4, 0.5) is 5.82 Å². The number of aromatic carboxylic acids is 1. The Morgan fingerprint density at radius 3 is 2.79 bits per heavy atom. The third-order valence-corrected chi connectivity index (χ3v) is 2.73. The third kappa shape index (κ3) is 2.46. The normalized spacial score (nSPS) is 11.2. The number of carboxylic acid groups (broad SMARTS) is 1. The van der Waals surface area contributed by atoms with Crippen molar-refractivity contribution in [2.75, 3.05) is 10.5 Å². The van der Waals surface area contributed by atoms with E-state index in [-0.39, 0.29) is 17.3 Å². The van der Waals surface area contributed by atoms with Crippen LogP contribution < -0.4 is 4.72 Å². The van der Waals surface area contributed by atoms with Gasteiger partial charge in [0.25, 0.3) is 0 Å². The van der Waals surface area contributed by atoms with Gasteiger partial charge in [-0.1, -0.05) is 0 Å². The van der Waals surface area contributed by atoms with Gasteiger partial charge >= 0.3 is 5.97 Å². The van der Waals surface area contributed by atoms with E-state index in [1.165, 1.54) is 6.92 Å². The van der Waals surface area contributed by atoms with Crippen LogP contribution in [0.25, 0.3) is 0 Å². The van der Waals surface area contributed by atoms with Crippen molar-refractivity contribution in [1.82, 2.24) is 10.2 Å². The number of sulfonamides is 1. The van der Waals surface area contributed by atoms with E-state index in [0.29, 0.717) is 0 Å². The number of rotatable bonds is 4.